The molecule has 0 unspecified atom stereocenters. The number of hydrogen-bond donors (Lipinski definition) is 2. The van der Waals surface area contributed by atoms with E-state index in [-0.39, 0.29) is 15.6 Å². The van der Waals surface area contributed by atoms with Gasteiger partial charge in [-0.2, -0.15) is 5.26 Å². The summed E-state index contributed by atoms with van der Waals surface area (Å²) in [5, 5.41) is 14.0. The van der Waals surface area contributed by atoms with Crippen LogP contribution in [0.5, 0.6) is 5.75 Å². The zero-order valence-electron chi connectivity index (χ0n) is 18.4. The highest BCUT2D eigenvalue weighted by atomic mass is 79.9. The monoisotopic (exact) mass is 567 g/mol. The molecule has 0 aliphatic heterocycles. The highest BCUT2D eigenvalue weighted by Gasteiger charge is 2.13. The van der Waals surface area contributed by atoms with E-state index in [1.54, 1.807) is 12.1 Å². The summed E-state index contributed by atoms with van der Waals surface area (Å²) in [5.41, 5.74) is 3.59. The minimum atomic E-state index is -0.463. The summed E-state index contributed by atoms with van der Waals surface area (Å²) in [7, 11) is 0. The smallest absolute Gasteiger partial charge is 0.261 e. The molecule has 0 atom stereocenters. The largest absolute Gasteiger partial charge is 0.486 e. The van der Waals surface area contributed by atoms with Gasteiger partial charge >= 0.3 is 0 Å². The molecule has 0 radical (unpaired) electrons. The molecular weight excluding hydrogens is 549 g/mol. The van der Waals surface area contributed by atoms with Gasteiger partial charge in [0.2, 0.25) is 0 Å². The fourth-order valence-electron chi connectivity index (χ4n) is 3.60. The predicted octanol–water partition coefficient (Wildman–Crippen LogP) is 7.08. The van der Waals surface area contributed by atoms with Crippen molar-refractivity contribution in [2.45, 2.75) is 13.0 Å². The first-order valence-electron chi connectivity index (χ1n) is 10.8. The Balaban J connectivity index is 1.40. The molecule has 1 heterocycles. The van der Waals surface area contributed by atoms with Crippen LogP contribution < -0.4 is 10.1 Å². The molecule has 1 amide bonds. The fraction of sp³-hybridized carbons (Fsp3) is 0.111. The summed E-state index contributed by atoms with van der Waals surface area (Å²) in [6.45, 7) is 0.689. The van der Waals surface area contributed by atoms with Gasteiger partial charge in [0.25, 0.3) is 5.91 Å². The summed E-state index contributed by atoms with van der Waals surface area (Å²) < 4.78 is 6.78. The quantitative estimate of drug-likeness (QED) is 0.176. The highest BCUT2D eigenvalue weighted by molar-refractivity contribution is 9.10. The van der Waals surface area contributed by atoms with E-state index in [0.29, 0.717) is 30.9 Å². The van der Waals surface area contributed by atoms with Crippen LogP contribution in [0.1, 0.15) is 16.7 Å². The zero-order chi connectivity index (χ0) is 24.8. The van der Waals surface area contributed by atoms with Gasteiger partial charge in [0, 0.05) is 28.1 Å². The first-order chi connectivity index (χ1) is 16.9. The number of hydrogen-bond acceptors (Lipinski definition) is 3. The van der Waals surface area contributed by atoms with Gasteiger partial charge in [0.05, 0.1) is 10.0 Å². The van der Waals surface area contributed by atoms with Crippen molar-refractivity contribution >= 4 is 62.0 Å². The summed E-state index contributed by atoms with van der Waals surface area (Å²) in [6.07, 6.45) is 4.02. The topological polar surface area (TPSA) is 77.9 Å². The van der Waals surface area contributed by atoms with Crippen molar-refractivity contribution in [2.24, 2.45) is 0 Å². The molecule has 0 saturated carbocycles. The number of amides is 1. The van der Waals surface area contributed by atoms with E-state index in [1.807, 2.05) is 60.8 Å². The van der Waals surface area contributed by atoms with E-state index in [2.05, 4.69) is 26.2 Å². The minimum Gasteiger partial charge on any atom is -0.486 e. The molecular formula is C27H20BrCl2N3O2. The molecule has 0 aliphatic rings. The second-order valence-corrected chi connectivity index (χ2v) is 9.49. The van der Waals surface area contributed by atoms with Gasteiger partial charge in [-0.15, -0.1) is 0 Å². The van der Waals surface area contributed by atoms with Crippen molar-refractivity contribution in [3.63, 3.8) is 0 Å². The number of carbonyl (C=O) groups excluding carboxylic acids is 1. The Kier molecular flexibility index (Phi) is 8.14. The third kappa shape index (κ3) is 6.26. The first kappa shape index (κ1) is 24.9. The number of halogens is 3. The van der Waals surface area contributed by atoms with Crippen molar-refractivity contribution < 1.29 is 9.53 Å². The van der Waals surface area contributed by atoms with E-state index in [4.69, 9.17) is 27.9 Å². The number of H-pyrrole nitrogens is 1. The van der Waals surface area contributed by atoms with Crippen molar-refractivity contribution in [2.75, 3.05) is 6.54 Å². The molecule has 4 aromatic rings. The van der Waals surface area contributed by atoms with Crippen LogP contribution in [-0.4, -0.2) is 17.4 Å². The second kappa shape index (κ2) is 11.5. The van der Waals surface area contributed by atoms with E-state index in [1.165, 1.54) is 6.08 Å². The Morgan fingerprint density at radius 2 is 1.83 bits per heavy atom. The van der Waals surface area contributed by atoms with Crippen LogP contribution in [0.25, 0.3) is 17.0 Å². The van der Waals surface area contributed by atoms with E-state index >= 15 is 0 Å². The van der Waals surface area contributed by atoms with Gasteiger partial charge in [-0.05, 0) is 59.5 Å². The molecule has 1 aromatic heterocycles. The van der Waals surface area contributed by atoms with Gasteiger partial charge < -0.3 is 15.0 Å². The van der Waals surface area contributed by atoms with Gasteiger partial charge in [0.1, 0.15) is 18.2 Å². The number of nitriles is 1. The normalized spacial score (nSPS) is 11.3. The van der Waals surface area contributed by atoms with Crippen LogP contribution in [0.4, 0.5) is 0 Å². The molecule has 0 bridgehead atoms. The number of nitrogens with zero attached hydrogens (tertiary/aromatic N) is 1. The lowest BCUT2D eigenvalue weighted by atomic mass is 10.1. The average Bonchev–Trinajstić information content (AvgIpc) is 3.26. The van der Waals surface area contributed by atoms with E-state index < -0.39 is 5.91 Å². The van der Waals surface area contributed by atoms with Gasteiger partial charge in [-0.1, -0.05) is 69.5 Å². The Bertz CT molecular complexity index is 1420. The Labute approximate surface area is 221 Å². The van der Waals surface area contributed by atoms with Crippen LogP contribution >= 0.6 is 39.1 Å². The minimum absolute atomic E-state index is 0.0420. The lowest BCUT2D eigenvalue weighted by Crippen LogP contribution is -2.26. The molecule has 0 spiro atoms. The molecule has 176 valence electrons. The fourth-order valence-corrected chi connectivity index (χ4v) is 4.47. The number of fused-ring (bicyclic) bond motifs is 1. The van der Waals surface area contributed by atoms with Crippen molar-refractivity contribution in [1.82, 2.24) is 10.3 Å². The molecule has 3 aromatic carbocycles. The van der Waals surface area contributed by atoms with Crippen LogP contribution in [0, 0.1) is 11.3 Å². The summed E-state index contributed by atoms with van der Waals surface area (Å²) >= 11 is 16.2. The highest BCUT2D eigenvalue weighted by Crippen LogP contribution is 2.35. The third-order valence-corrected chi connectivity index (χ3v) is 6.44. The standard InChI is InChI=1S/C27H20BrCl2N3O2/c28-21-7-5-17(6-8-21)16-35-26-23(29)12-18(13-24(26)30)11-20(14-31)27(34)32-10-9-19-15-33-25-4-2-1-3-22(19)25/h1-8,11-13,15,33H,9-10,16H2,(H,32,34)/b20-11-. The number of ether oxygens (including phenoxy) is 1. The predicted molar refractivity (Wildman–Crippen MR) is 144 cm³/mol. The van der Waals surface area contributed by atoms with Crippen molar-refractivity contribution in [3.05, 3.63) is 104 Å². The maximum absolute atomic E-state index is 12.6. The molecule has 5 nitrogen and oxygen atoms in total. The van der Waals surface area contributed by atoms with Gasteiger partial charge in [-0.3, -0.25) is 4.79 Å². The van der Waals surface area contributed by atoms with Crippen LogP contribution in [0.15, 0.2) is 76.9 Å². The Morgan fingerprint density at radius 1 is 1.11 bits per heavy atom. The maximum atomic E-state index is 12.6. The molecule has 4 rings (SSSR count). The lowest BCUT2D eigenvalue weighted by Gasteiger charge is -2.11. The van der Waals surface area contributed by atoms with E-state index in [0.717, 1.165) is 26.5 Å². The number of carbonyl (C=O) groups is 1. The van der Waals surface area contributed by atoms with Crippen molar-refractivity contribution in [3.8, 4) is 11.8 Å². The molecule has 0 saturated heterocycles. The van der Waals surface area contributed by atoms with Gasteiger partial charge in [0.15, 0.2) is 5.75 Å². The van der Waals surface area contributed by atoms with E-state index in [9.17, 15) is 10.1 Å². The summed E-state index contributed by atoms with van der Waals surface area (Å²) in [4.78, 5) is 15.8. The zero-order valence-corrected chi connectivity index (χ0v) is 21.5. The number of aromatic nitrogens is 1. The Morgan fingerprint density at radius 3 is 2.54 bits per heavy atom. The second-order valence-electron chi connectivity index (χ2n) is 7.76. The molecule has 35 heavy (non-hydrogen) atoms. The average molecular weight is 569 g/mol. The van der Waals surface area contributed by atoms with Gasteiger partial charge in [-0.25, -0.2) is 0 Å². The molecule has 2 N–H and O–H groups in total. The molecule has 0 fully saturated rings. The SMILES string of the molecule is N#C/C(=C/c1cc(Cl)c(OCc2ccc(Br)cc2)c(Cl)c1)C(=O)NCCc1c[nH]c2ccccc12. The molecule has 8 heteroatoms. The third-order valence-electron chi connectivity index (χ3n) is 5.35. The van der Waals surface area contributed by atoms with Crippen LogP contribution in [0.3, 0.4) is 0 Å². The van der Waals surface area contributed by atoms with Crippen LogP contribution in [0.2, 0.25) is 10.0 Å². The number of nitrogens with one attached hydrogen (secondary N) is 2. The summed E-state index contributed by atoms with van der Waals surface area (Å²) in [5.74, 6) is -0.120. The van der Waals surface area contributed by atoms with Crippen LogP contribution in [-0.2, 0) is 17.8 Å². The maximum Gasteiger partial charge on any atom is 0.261 e. The number of rotatable bonds is 8. The first-order valence-corrected chi connectivity index (χ1v) is 12.3. The number of benzene rings is 3. The lowest BCUT2D eigenvalue weighted by molar-refractivity contribution is -0.117. The number of aromatic amines is 1. The Hall–Kier alpha value is -3.24. The van der Waals surface area contributed by atoms with Crippen molar-refractivity contribution in [1.29, 1.82) is 5.26 Å². The summed E-state index contributed by atoms with van der Waals surface area (Å²) in [6, 6.07) is 20.8. The number of para-hydroxylation sites is 1. The molecule has 0 aliphatic carbocycles.